The predicted octanol–water partition coefficient (Wildman–Crippen LogP) is 2.38. The summed E-state index contributed by atoms with van der Waals surface area (Å²) in [6.45, 7) is 2.50. The van der Waals surface area contributed by atoms with Crippen LogP contribution in [0.4, 0.5) is 0 Å². The lowest BCUT2D eigenvalue weighted by Gasteiger charge is -2.25. The third-order valence-corrected chi connectivity index (χ3v) is 4.57. The van der Waals surface area contributed by atoms with Gasteiger partial charge in [-0.05, 0) is 31.2 Å². The highest BCUT2D eigenvalue weighted by Gasteiger charge is 2.17. The Balaban J connectivity index is 0.00000225. The minimum Gasteiger partial charge on any atom is -0.340 e. The number of pyridine rings is 1. The molecule has 0 fully saturated rings. The molecule has 0 spiro atoms. The first-order valence-electron chi connectivity index (χ1n) is 8.00. The molecule has 2 N–H and O–H groups in total. The maximum absolute atomic E-state index is 12.7. The van der Waals surface area contributed by atoms with E-state index < -0.39 is 0 Å². The number of nitrogens with two attached hydrogens (primary N) is 1. The topological polar surface area (TPSA) is 68.3 Å². The van der Waals surface area contributed by atoms with Gasteiger partial charge >= 0.3 is 0 Å². The van der Waals surface area contributed by atoms with E-state index in [2.05, 4.69) is 0 Å². The van der Waals surface area contributed by atoms with Gasteiger partial charge in [-0.15, -0.1) is 12.4 Å². The first kappa shape index (κ1) is 19.0. The van der Waals surface area contributed by atoms with E-state index in [4.69, 9.17) is 5.73 Å². The van der Waals surface area contributed by atoms with Crippen LogP contribution in [0.3, 0.4) is 0 Å². The van der Waals surface area contributed by atoms with Gasteiger partial charge in [-0.1, -0.05) is 24.3 Å². The highest BCUT2D eigenvalue weighted by atomic mass is 35.5. The molecule has 0 bridgehead atoms. The van der Waals surface area contributed by atoms with Crippen LogP contribution < -0.4 is 11.2 Å². The van der Waals surface area contributed by atoms with Gasteiger partial charge < -0.3 is 15.2 Å². The van der Waals surface area contributed by atoms with Gasteiger partial charge in [0.15, 0.2) is 5.43 Å². The van der Waals surface area contributed by atoms with E-state index in [1.54, 1.807) is 24.1 Å². The van der Waals surface area contributed by atoms with E-state index in [-0.39, 0.29) is 36.3 Å². The van der Waals surface area contributed by atoms with Gasteiger partial charge in [-0.2, -0.15) is 0 Å². The SMILES string of the molecule is CC(CN)N(C)C(=O)Cn1c2ccccc2c(=O)c2ccccc21.Cl. The molecule has 0 saturated heterocycles. The molecule has 25 heavy (non-hydrogen) atoms. The number of carbonyl (C=O) groups is 1. The Bertz CT molecular complexity index is 908. The highest BCUT2D eigenvalue weighted by molar-refractivity contribution is 5.94. The fraction of sp³-hybridized carbons (Fsp3) is 0.263. The third kappa shape index (κ3) is 3.38. The zero-order valence-electron chi connectivity index (χ0n) is 14.3. The number of fused-ring (bicyclic) bond motifs is 2. The number of benzene rings is 2. The first-order valence-corrected chi connectivity index (χ1v) is 8.00. The molecule has 0 aliphatic heterocycles. The Labute approximate surface area is 152 Å². The maximum Gasteiger partial charge on any atom is 0.242 e. The van der Waals surface area contributed by atoms with E-state index in [9.17, 15) is 9.59 Å². The van der Waals surface area contributed by atoms with Crippen molar-refractivity contribution in [3.05, 3.63) is 58.8 Å². The number of aromatic nitrogens is 1. The van der Waals surface area contributed by atoms with Crippen molar-refractivity contribution in [2.75, 3.05) is 13.6 Å². The van der Waals surface area contributed by atoms with Gasteiger partial charge in [0.1, 0.15) is 6.54 Å². The average Bonchev–Trinajstić information content (AvgIpc) is 2.63. The number of hydrogen-bond acceptors (Lipinski definition) is 3. The van der Waals surface area contributed by atoms with Crippen molar-refractivity contribution in [3.8, 4) is 0 Å². The molecule has 2 aromatic carbocycles. The zero-order valence-corrected chi connectivity index (χ0v) is 15.1. The largest absolute Gasteiger partial charge is 0.340 e. The van der Waals surface area contributed by atoms with Gasteiger partial charge in [-0.3, -0.25) is 9.59 Å². The quantitative estimate of drug-likeness (QED) is 0.727. The molecule has 0 saturated carbocycles. The molecule has 0 aliphatic carbocycles. The smallest absolute Gasteiger partial charge is 0.242 e. The average molecular weight is 360 g/mol. The third-order valence-electron chi connectivity index (χ3n) is 4.57. The van der Waals surface area contributed by atoms with E-state index in [0.717, 1.165) is 11.0 Å². The second kappa shape index (κ2) is 7.68. The van der Waals surface area contributed by atoms with Crippen LogP contribution in [0.2, 0.25) is 0 Å². The van der Waals surface area contributed by atoms with E-state index in [0.29, 0.717) is 17.3 Å². The molecule has 6 heteroatoms. The first-order chi connectivity index (χ1) is 11.5. The number of amides is 1. The lowest BCUT2D eigenvalue weighted by atomic mass is 10.1. The summed E-state index contributed by atoms with van der Waals surface area (Å²) in [5, 5.41) is 1.25. The van der Waals surface area contributed by atoms with Gasteiger partial charge in [0.25, 0.3) is 0 Å². The molecule has 0 aliphatic rings. The number of para-hydroxylation sites is 2. The van der Waals surface area contributed by atoms with E-state index >= 15 is 0 Å². The van der Waals surface area contributed by atoms with Crippen molar-refractivity contribution in [2.24, 2.45) is 5.73 Å². The summed E-state index contributed by atoms with van der Waals surface area (Å²) in [5.41, 5.74) is 7.19. The Kier molecular flexibility index (Phi) is 5.82. The summed E-state index contributed by atoms with van der Waals surface area (Å²) >= 11 is 0. The van der Waals surface area contributed by atoms with Crippen LogP contribution in [0.25, 0.3) is 21.8 Å². The Morgan fingerprint density at radius 2 is 1.56 bits per heavy atom. The van der Waals surface area contributed by atoms with Crippen molar-refractivity contribution < 1.29 is 4.79 Å². The monoisotopic (exact) mass is 359 g/mol. The number of nitrogens with zero attached hydrogens (tertiary/aromatic N) is 2. The normalized spacial score (nSPS) is 12.0. The summed E-state index contributed by atoms with van der Waals surface area (Å²) in [4.78, 5) is 27.0. The van der Waals surface area contributed by atoms with Crippen LogP contribution in [-0.2, 0) is 11.3 Å². The second-order valence-electron chi connectivity index (χ2n) is 6.04. The summed E-state index contributed by atoms with van der Waals surface area (Å²) in [7, 11) is 1.76. The zero-order chi connectivity index (χ0) is 17.3. The summed E-state index contributed by atoms with van der Waals surface area (Å²) in [6, 6.07) is 14.8. The standard InChI is InChI=1S/C19H21N3O2.ClH/c1-13(11-20)21(2)18(23)12-22-16-9-5-3-7-14(16)19(24)15-8-4-6-10-17(15)22;/h3-10,13H,11-12,20H2,1-2H3;1H. The van der Waals surface area contributed by atoms with Gasteiger partial charge in [0.05, 0.1) is 11.0 Å². The summed E-state index contributed by atoms with van der Waals surface area (Å²) in [6.07, 6.45) is 0. The molecule has 1 heterocycles. The molecule has 1 atom stereocenters. The van der Waals surface area contributed by atoms with Crippen molar-refractivity contribution in [2.45, 2.75) is 19.5 Å². The van der Waals surface area contributed by atoms with Crippen molar-refractivity contribution in [1.82, 2.24) is 9.47 Å². The maximum atomic E-state index is 12.7. The molecule has 0 radical (unpaired) electrons. The summed E-state index contributed by atoms with van der Waals surface area (Å²) in [5.74, 6) is -0.0353. The molecule has 1 unspecified atom stereocenters. The van der Waals surface area contributed by atoms with Gasteiger partial charge in [-0.25, -0.2) is 0 Å². The Morgan fingerprint density at radius 1 is 1.08 bits per heavy atom. The lowest BCUT2D eigenvalue weighted by Crippen LogP contribution is -2.41. The van der Waals surface area contributed by atoms with Crippen molar-refractivity contribution in [3.63, 3.8) is 0 Å². The highest BCUT2D eigenvalue weighted by Crippen LogP contribution is 2.19. The van der Waals surface area contributed by atoms with E-state index in [1.165, 1.54) is 0 Å². The molecule has 3 aromatic rings. The molecule has 3 rings (SSSR count). The molecular formula is C19H22ClN3O2. The number of hydrogen-bond donors (Lipinski definition) is 1. The molecule has 5 nitrogen and oxygen atoms in total. The minimum atomic E-state index is -0.0353. The van der Waals surface area contributed by atoms with Crippen LogP contribution in [0.1, 0.15) is 6.92 Å². The fourth-order valence-corrected chi connectivity index (χ4v) is 2.90. The number of rotatable bonds is 4. The van der Waals surface area contributed by atoms with Crippen LogP contribution in [-0.4, -0.2) is 35.0 Å². The number of carbonyl (C=O) groups excluding carboxylic acids is 1. The van der Waals surface area contributed by atoms with Crippen LogP contribution >= 0.6 is 12.4 Å². The van der Waals surface area contributed by atoms with Crippen LogP contribution in [0.5, 0.6) is 0 Å². The van der Waals surface area contributed by atoms with Crippen LogP contribution in [0, 0.1) is 0 Å². The minimum absolute atomic E-state index is 0. The molecular weight excluding hydrogens is 338 g/mol. The van der Waals surface area contributed by atoms with E-state index in [1.807, 2.05) is 47.9 Å². The van der Waals surface area contributed by atoms with Crippen molar-refractivity contribution in [1.29, 1.82) is 0 Å². The fourth-order valence-electron chi connectivity index (χ4n) is 2.90. The van der Waals surface area contributed by atoms with Gasteiger partial charge in [0.2, 0.25) is 5.91 Å². The predicted molar refractivity (Wildman–Crippen MR) is 104 cm³/mol. The van der Waals surface area contributed by atoms with Crippen LogP contribution in [0.15, 0.2) is 53.3 Å². The Hall–Kier alpha value is -2.37. The van der Waals surface area contributed by atoms with Gasteiger partial charge in [0, 0.05) is 30.4 Å². The Morgan fingerprint density at radius 3 is 2.04 bits per heavy atom. The van der Waals surface area contributed by atoms with Crippen molar-refractivity contribution >= 4 is 40.1 Å². The summed E-state index contributed by atoms with van der Waals surface area (Å²) < 4.78 is 1.91. The molecule has 1 aromatic heterocycles. The molecule has 1 amide bonds. The number of likely N-dealkylation sites (N-methyl/N-ethyl adjacent to an activating group) is 1. The molecule has 132 valence electrons. The number of halogens is 1. The lowest BCUT2D eigenvalue weighted by molar-refractivity contribution is -0.132. The second-order valence-corrected chi connectivity index (χ2v) is 6.04.